The first-order chi connectivity index (χ1) is 7.54. The molecule has 1 heterocycles. The molecule has 16 heavy (non-hydrogen) atoms. The Morgan fingerprint density at radius 2 is 2.25 bits per heavy atom. The normalized spacial score (nSPS) is 10.1. The Balaban J connectivity index is 2.59. The summed E-state index contributed by atoms with van der Waals surface area (Å²) in [7, 11) is 1.53. The van der Waals surface area contributed by atoms with Gasteiger partial charge in [-0.1, -0.05) is 12.1 Å². The number of aryl methyl sites for hydroxylation is 1. The van der Waals surface area contributed by atoms with Crippen LogP contribution in [0.2, 0.25) is 0 Å². The van der Waals surface area contributed by atoms with Crippen molar-refractivity contribution in [3.8, 4) is 0 Å². The Bertz CT molecular complexity index is 386. The molecule has 0 radical (unpaired) electrons. The fourth-order valence-electron chi connectivity index (χ4n) is 1.14. The van der Waals surface area contributed by atoms with Gasteiger partial charge >= 0.3 is 5.97 Å². The molecule has 1 rings (SSSR count). The predicted molar refractivity (Wildman–Crippen MR) is 55.1 cm³/mol. The van der Waals surface area contributed by atoms with Crippen molar-refractivity contribution in [1.29, 1.82) is 0 Å². The van der Waals surface area contributed by atoms with Gasteiger partial charge in [-0.3, -0.25) is 9.59 Å². The molecule has 6 nitrogen and oxygen atoms in total. The van der Waals surface area contributed by atoms with E-state index in [0.717, 1.165) is 0 Å². The Morgan fingerprint density at radius 3 is 2.75 bits per heavy atom. The molecule has 1 N–H and O–H groups in total. The van der Waals surface area contributed by atoms with Gasteiger partial charge in [0.2, 0.25) is 0 Å². The molecule has 0 aromatic carbocycles. The van der Waals surface area contributed by atoms with E-state index in [2.05, 4.69) is 5.16 Å². The van der Waals surface area contributed by atoms with Gasteiger partial charge in [0.1, 0.15) is 5.76 Å². The summed E-state index contributed by atoms with van der Waals surface area (Å²) < 4.78 is 4.90. The fraction of sp³-hybridized carbons (Fsp3) is 0.500. The van der Waals surface area contributed by atoms with Crippen molar-refractivity contribution in [2.45, 2.75) is 19.8 Å². The molecule has 0 atom stereocenters. The third-order valence-corrected chi connectivity index (χ3v) is 2.13. The zero-order valence-corrected chi connectivity index (χ0v) is 9.27. The van der Waals surface area contributed by atoms with E-state index in [9.17, 15) is 9.59 Å². The molecule has 0 spiro atoms. The summed E-state index contributed by atoms with van der Waals surface area (Å²) in [5, 5.41) is 12.1. The highest BCUT2D eigenvalue weighted by Gasteiger charge is 2.16. The van der Waals surface area contributed by atoms with E-state index in [4.69, 9.17) is 9.63 Å². The summed E-state index contributed by atoms with van der Waals surface area (Å²) in [6.45, 7) is 2.05. The standard InChI is InChI=1S/C10H14N2O4/c1-3-7-6-8(11-16-7)10(15)12(2)5-4-9(13)14/h6H,3-5H2,1-2H3,(H,13,14). The molecule has 6 heteroatoms. The van der Waals surface area contributed by atoms with E-state index in [1.165, 1.54) is 11.9 Å². The smallest absolute Gasteiger partial charge is 0.305 e. The molecule has 0 unspecified atom stereocenters. The van der Waals surface area contributed by atoms with Gasteiger partial charge in [0, 0.05) is 26.1 Å². The number of hydrogen-bond acceptors (Lipinski definition) is 4. The van der Waals surface area contributed by atoms with Crippen molar-refractivity contribution in [3.63, 3.8) is 0 Å². The Labute approximate surface area is 92.8 Å². The summed E-state index contributed by atoms with van der Waals surface area (Å²) in [6.07, 6.45) is 0.583. The van der Waals surface area contributed by atoms with E-state index in [0.29, 0.717) is 12.2 Å². The summed E-state index contributed by atoms with van der Waals surface area (Å²) in [6, 6.07) is 1.57. The van der Waals surface area contributed by atoms with E-state index in [1.54, 1.807) is 6.07 Å². The second-order valence-electron chi connectivity index (χ2n) is 3.40. The van der Waals surface area contributed by atoms with Crippen LogP contribution in [0.25, 0.3) is 0 Å². The quantitative estimate of drug-likeness (QED) is 0.802. The molecule has 0 saturated carbocycles. The van der Waals surface area contributed by atoms with Crippen LogP contribution in [-0.4, -0.2) is 40.6 Å². The maximum atomic E-state index is 11.7. The zero-order chi connectivity index (χ0) is 12.1. The molecular weight excluding hydrogens is 212 g/mol. The van der Waals surface area contributed by atoms with Crippen LogP contribution in [0.15, 0.2) is 10.6 Å². The number of hydrogen-bond donors (Lipinski definition) is 1. The van der Waals surface area contributed by atoms with Crippen LogP contribution in [0.4, 0.5) is 0 Å². The zero-order valence-electron chi connectivity index (χ0n) is 9.27. The van der Waals surface area contributed by atoms with Crippen LogP contribution in [0, 0.1) is 0 Å². The molecule has 1 aromatic rings. The number of carboxylic acids is 1. The van der Waals surface area contributed by atoms with E-state index in [-0.39, 0.29) is 24.6 Å². The highest BCUT2D eigenvalue weighted by molar-refractivity contribution is 5.92. The largest absolute Gasteiger partial charge is 0.481 e. The summed E-state index contributed by atoms with van der Waals surface area (Å²) in [5.41, 5.74) is 0.213. The van der Waals surface area contributed by atoms with Crippen LogP contribution in [0.5, 0.6) is 0 Å². The van der Waals surface area contributed by atoms with E-state index < -0.39 is 5.97 Å². The molecule has 0 saturated heterocycles. The lowest BCUT2D eigenvalue weighted by Gasteiger charge is -2.13. The molecule has 0 bridgehead atoms. The van der Waals surface area contributed by atoms with Crippen molar-refractivity contribution in [2.75, 3.05) is 13.6 Å². The van der Waals surface area contributed by atoms with Gasteiger partial charge < -0.3 is 14.5 Å². The minimum atomic E-state index is -0.936. The van der Waals surface area contributed by atoms with E-state index >= 15 is 0 Å². The number of nitrogens with zero attached hydrogens (tertiary/aromatic N) is 2. The average molecular weight is 226 g/mol. The number of amides is 1. The second-order valence-corrected chi connectivity index (χ2v) is 3.40. The molecular formula is C10H14N2O4. The highest BCUT2D eigenvalue weighted by atomic mass is 16.5. The number of aliphatic carboxylic acids is 1. The van der Waals surface area contributed by atoms with Crippen LogP contribution in [0.3, 0.4) is 0 Å². The van der Waals surface area contributed by atoms with Gasteiger partial charge in [0.25, 0.3) is 5.91 Å². The molecule has 0 aliphatic carbocycles. The van der Waals surface area contributed by atoms with Crippen LogP contribution >= 0.6 is 0 Å². The van der Waals surface area contributed by atoms with E-state index in [1.807, 2.05) is 6.92 Å². The Hall–Kier alpha value is -1.85. The molecule has 0 aliphatic heterocycles. The molecule has 0 aliphatic rings. The number of carboxylic acid groups (broad SMARTS) is 1. The Morgan fingerprint density at radius 1 is 1.56 bits per heavy atom. The molecule has 1 aromatic heterocycles. The van der Waals surface area contributed by atoms with Crippen LogP contribution < -0.4 is 0 Å². The van der Waals surface area contributed by atoms with Crippen molar-refractivity contribution in [2.24, 2.45) is 0 Å². The minimum absolute atomic E-state index is 0.0826. The first-order valence-corrected chi connectivity index (χ1v) is 4.97. The maximum absolute atomic E-state index is 11.7. The summed E-state index contributed by atoms with van der Waals surface area (Å²) in [4.78, 5) is 23.3. The average Bonchev–Trinajstić information content (AvgIpc) is 2.73. The predicted octanol–water partition coefficient (Wildman–Crippen LogP) is 0.784. The second kappa shape index (κ2) is 5.29. The lowest BCUT2D eigenvalue weighted by Crippen LogP contribution is -2.29. The first-order valence-electron chi connectivity index (χ1n) is 4.97. The SMILES string of the molecule is CCc1cc(C(=O)N(C)CCC(=O)O)no1. The highest BCUT2D eigenvalue weighted by Crippen LogP contribution is 2.06. The Kier molecular flexibility index (Phi) is 4.04. The number of rotatable bonds is 5. The first kappa shape index (κ1) is 12.2. The van der Waals surface area contributed by atoms with Gasteiger partial charge in [-0.05, 0) is 0 Å². The van der Waals surface area contributed by atoms with Crippen LogP contribution in [-0.2, 0) is 11.2 Å². The third kappa shape index (κ3) is 3.08. The van der Waals surface area contributed by atoms with Gasteiger partial charge in [-0.2, -0.15) is 0 Å². The van der Waals surface area contributed by atoms with Crippen molar-refractivity contribution < 1.29 is 19.2 Å². The minimum Gasteiger partial charge on any atom is -0.481 e. The summed E-state index contributed by atoms with van der Waals surface area (Å²) >= 11 is 0. The van der Waals surface area contributed by atoms with Gasteiger partial charge in [0.05, 0.1) is 6.42 Å². The van der Waals surface area contributed by atoms with Crippen molar-refractivity contribution >= 4 is 11.9 Å². The van der Waals surface area contributed by atoms with Crippen LogP contribution in [0.1, 0.15) is 29.6 Å². The lowest BCUT2D eigenvalue weighted by molar-refractivity contribution is -0.137. The lowest BCUT2D eigenvalue weighted by atomic mass is 10.3. The van der Waals surface area contributed by atoms with Crippen molar-refractivity contribution in [1.82, 2.24) is 10.1 Å². The number of carbonyl (C=O) groups is 2. The number of aromatic nitrogens is 1. The van der Waals surface area contributed by atoms with Gasteiger partial charge in [-0.25, -0.2) is 0 Å². The fourth-order valence-corrected chi connectivity index (χ4v) is 1.14. The maximum Gasteiger partial charge on any atom is 0.305 e. The molecule has 0 fully saturated rings. The monoisotopic (exact) mass is 226 g/mol. The third-order valence-electron chi connectivity index (χ3n) is 2.13. The van der Waals surface area contributed by atoms with Crippen molar-refractivity contribution in [3.05, 3.63) is 17.5 Å². The van der Waals surface area contributed by atoms with Gasteiger partial charge in [-0.15, -0.1) is 0 Å². The number of carbonyl (C=O) groups excluding carboxylic acids is 1. The topological polar surface area (TPSA) is 83.6 Å². The van der Waals surface area contributed by atoms with Gasteiger partial charge in [0.15, 0.2) is 5.69 Å². The molecule has 1 amide bonds. The summed E-state index contributed by atoms with van der Waals surface area (Å²) in [5.74, 6) is -0.631. The molecule has 88 valence electrons.